The highest BCUT2D eigenvalue weighted by Crippen LogP contribution is 2.28. The Morgan fingerprint density at radius 3 is 2.76 bits per heavy atom. The maximum absolute atomic E-state index is 8.57. The van der Waals surface area contributed by atoms with Gasteiger partial charge in [-0.2, -0.15) is 0 Å². The summed E-state index contributed by atoms with van der Waals surface area (Å²) >= 11 is 3.35. The summed E-state index contributed by atoms with van der Waals surface area (Å²) in [5.41, 5.74) is 10.9. The Kier molecular flexibility index (Phi) is 3.17. The van der Waals surface area contributed by atoms with Crippen molar-refractivity contribution in [3.8, 4) is 5.69 Å². The van der Waals surface area contributed by atoms with Gasteiger partial charge in [0.05, 0.1) is 17.1 Å². The van der Waals surface area contributed by atoms with Crippen LogP contribution >= 0.6 is 15.9 Å². The number of benzene rings is 1. The van der Waals surface area contributed by atoms with Gasteiger partial charge < -0.3 is 4.57 Å². The molecule has 1 aromatic carbocycles. The Balaban J connectivity index is 2.66. The zero-order valence-corrected chi connectivity index (χ0v) is 11.0. The molecule has 17 heavy (non-hydrogen) atoms. The summed E-state index contributed by atoms with van der Waals surface area (Å²) in [6.45, 7) is 3.84. The molecule has 0 atom stereocenters. The van der Waals surface area contributed by atoms with Crippen molar-refractivity contribution in [1.82, 2.24) is 9.55 Å². The molecule has 0 aliphatic carbocycles. The number of hydrogen-bond donors (Lipinski definition) is 0. The van der Waals surface area contributed by atoms with Gasteiger partial charge in [-0.3, -0.25) is 0 Å². The third-order valence-electron chi connectivity index (χ3n) is 2.35. The fourth-order valence-electron chi connectivity index (χ4n) is 1.69. The third-order valence-corrected chi connectivity index (χ3v) is 2.85. The Bertz CT molecular complexity index is 610. The van der Waals surface area contributed by atoms with E-state index in [4.69, 9.17) is 5.53 Å². The molecule has 2 aromatic rings. The molecule has 0 aliphatic rings. The third kappa shape index (κ3) is 2.33. The molecule has 2 rings (SSSR count). The fraction of sp³-hybridized carbons (Fsp3) is 0.182. The zero-order chi connectivity index (χ0) is 12.4. The minimum absolute atomic E-state index is 0.572. The number of hydrogen-bond acceptors (Lipinski definition) is 2. The molecule has 0 aliphatic heterocycles. The molecule has 0 unspecified atom stereocenters. The summed E-state index contributed by atoms with van der Waals surface area (Å²) in [4.78, 5) is 7.17. The van der Waals surface area contributed by atoms with Gasteiger partial charge in [0.25, 0.3) is 0 Å². The molecule has 0 saturated carbocycles. The highest BCUT2D eigenvalue weighted by molar-refractivity contribution is 9.10. The minimum atomic E-state index is 0.572. The maximum Gasteiger partial charge on any atom is 0.110 e. The van der Waals surface area contributed by atoms with Crippen molar-refractivity contribution in [2.45, 2.75) is 13.8 Å². The predicted molar refractivity (Wildman–Crippen MR) is 69.5 cm³/mol. The molecular weight excluding hydrogens is 282 g/mol. The zero-order valence-electron chi connectivity index (χ0n) is 9.42. The second kappa shape index (κ2) is 4.61. The van der Waals surface area contributed by atoms with E-state index in [1.54, 1.807) is 6.07 Å². The first-order valence-electron chi connectivity index (χ1n) is 4.99. The van der Waals surface area contributed by atoms with Gasteiger partial charge in [0.1, 0.15) is 5.82 Å². The molecule has 0 bridgehead atoms. The average Bonchev–Trinajstić information content (AvgIpc) is 2.59. The molecule has 1 heterocycles. The Morgan fingerprint density at radius 1 is 1.41 bits per heavy atom. The van der Waals surface area contributed by atoms with Crippen LogP contribution in [0.5, 0.6) is 0 Å². The number of azide groups is 1. The van der Waals surface area contributed by atoms with Crippen LogP contribution in [0.15, 0.2) is 34.0 Å². The molecular formula is C11H10BrN5. The van der Waals surface area contributed by atoms with Gasteiger partial charge in [-0.15, -0.1) is 0 Å². The molecule has 1 aromatic heterocycles. The average molecular weight is 292 g/mol. The highest BCUT2D eigenvalue weighted by Gasteiger charge is 2.07. The van der Waals surface area contributed by atoms with Gasteiger partial charge in [0.15, 0.2) is 0 Å². The van der Waals surface area contributed by atoms with Crippen LogP contribution in [0.1, 0.15) is 11.5 Å². The summed E-state index contributed by atoms with van der Waals surface area (Å²) < 4.78 is 2.78. The van der Waals surface area contributed by atoms with E-state index in [1.165, 1.54) is 0 Å². The smallest absolute Gasteiger partial charge is 0.110 e. The molecule has 0 radical (unpaired) electrons. The second-order valence-corrected chi connectivity index (χ2v) is 4.54. The van der Waals surface area contributed by atoms with Gasteiger partial charge in [-0.25, -0.2) is 4.98 Å². The topological polar surface area (TPSA) is 66.6 Å². The van der Waals surface area contributed by atoms with E-state index in [9.17, 15) is 0 Å². The van der Waals surface area contributed by atoms with Crippen LogP contribution in [0.2, 0.25) is 0 Å². The number of aromatic nitrogens is 2. The van der Waals surface area contributed by atoms with Crippen molar-refractivity contribution in [3.63, 3.8) is 0 Å². The van der Waals surface area contributed by atoms with E-state index in [-0.39, 0.29) is 0 Å². The maximum atomic E-state index is 8.57. The fourth-order valence-corrected chi connectivity index (χ4v) is 2.04. The van der Waals surface area contributed by atoms with Crippen LogP contribution in [0.3, 0.4) is 0 Å². The number of aryl methyl sites for hydroxylation is 2. The van der Waals surface area contributed by atoms with E-state index < -0.39 is 0 Å². The quantitative estimate of drug-likeness (QED) is 0.465. The summed E-state index contributed by atoms with van der Waals surface area (Å²) in [6.07, 6.45) is 1.91. The van der Waals surface area contributed by atoms with E-state index in [2.05, 4.69) is 30.9 Å². The highest BCUT2D eigenvalue weighted by atomic mass is 79.9. The molecule has 0 amide bonds. The first-order valence-corrected chi connectivity index (χ1v) is 5.78. The first kappa shape index (κ1) is 11.7. The Morgan fingerprint density at radius 2 is 2.18 bits per heavy atom. The molecule has 0 spiro atoms. The van der Waals surface area contributed by atoms with Gasteiger partial charge in [-0.1, -0.05) is 21.0 Å². The van der Waals surface area contributed by atoms with Crippen LogP contribution in [-0.2, 0) is 0 Å². The molecule has 5 nitrogen and oxygen atoms in total. The monoisotopic (exact) mass is 291 g/mol. The van der Waals surface area contributed by atoms with Crippen LogP contribution in [0, 0.1) is 13.8 Å². The molecule has 86 valence electrons. The molecule has 0 N–H and O–H groups in total. The number of imidazole rings is 1. The summed E-state index contributed by atoms with van der Waals surface area (Å²) in [5.74, 6) is 0.860. The number of rotatable bonds is 2. The lowest BCUT2D eigenvalue weighted by molar-refractivity contribution is 0.972. The van der Waals surface area contributed by atoms with Crippen LogP contribution in [0.25, 0.3) is 16.1 Å². The van der Waals surface area contributed by atoms with Crippen LogP contribution in [-0.4, -0.2) is 9.55 Å². The summed E-state index contributed by atoms with van der Waals surface area (Å²) in [6, 6.07) is 5.58. The van der Waals surface area contributed by atoms with Gasteiger partial charge in [-0.05, 0) is 37.6 Å². The Labute approximate surface area is 107 Å². The second-order valence-electron chi connectivity index (χ2n) is 3.62. The van der Waals surface area contributed by atoms with Gasteiger partial charge >= 0.3 is 0 Å². The number of nitrogens with zero attached hydrogens (tertiary/aromatic N) is 5. The van der Waals surface area contributed by atoms with Crippen molar-refractivity contribution < 1.29 is 0 Å². The van der Waals surface area contributed by atoms with E-state index in [1.807, 2.05) is 36.7 Å². The summed E-state index contributed by atoms with van der Waals surface area (Å²) in [7, 11) is 0. The van der Waals surface area contributed by atoms with Crippen molar-refractivity contribution >= 4 is 21.6 Å². The summed E-state index contributed by atoms with van der Waals surface area (Å²) in [5, 5.41) is 3.70. The standard InChI is InChI=1S/C11H10BrN5/c1-7-6-17(8(2)14-7)11-4-3-9(12)5-10(11)15-16-13/h3-6H,1-2H3. The van der Waals surface area contributed by atoms with Crippen molar-refractivity contribution in [1.29, 1.82) is 0 Å². The van der Waals surface area contributed by atoms with Crippen molar-refractivity contribution in [3.05, 3.63) is 50.8 Å². The lowest BCUT2D eigenvalue weighted by Gasteiger charge is -2.08. The SMILES string of the molecule is Cc1cn(-c2ccc(Br)cc2N=[N+]=[N-])c(C)n1. The molecule has 6 heteroatoms. The lowest BCUT2D eigenvalue weighted by atomic mass is 10.2. The largest absolute Gasteiger partial charge is 0.303 e. The molecule has 0 saturated heterocycles. The van der Waals surface area contributed by atoms with Gasteiger partial charge in [0, 0.05) is 15.6 Å². The van der Waals surface area contributed by atoms with Crippen molar-refractivity contribution in [2.24, 2.45) is 5.11 Å². The minimum Gasteiger partial charge on any atom is -0.303 e. The normalized spacial score (nSPS) is 10.1. The first-order chi connectivity index (χ1) is 8.11. The lowest BCUT2D eigenvalue weighted by Crippen LogP contribution is -1.95. The predicted octanol–water partition coefficient (Wildman–Crippen LogP) is 4.19. The van der Waals surface area contributed by atoms with E-state index >= 15 is 0 Å². The van der Waals surface area contributed by atoms with Crippen LogP contribution < -0.4 is 0 Å². The van der Waals surface area contributed by atoms with E-state index in [0.717, 1.165) is 21.7 Å². The Hall–Kier alpha value is -1.78. The van der Waals surface area contributed by atoms with Gasteiger partial charge in [0.2, 0.25) is 0 Å². The van der Waals surface area contributed by atoms with E-state index in [0.29, 0.717) is 5.69 Å². The van der Waals surface area contributed by atoms with Crippen molar-refractivity contribution in [2.75, 3.05) is 0 Å². The number of halogens is 1. The van der Waals surface area contributed by atoms with Crippen LogP contribution in [0.4, 0.5) is 5.69 Å². The molecule has 0 fully saturated rings.